The van der Waals surface area contributed by atoms with Crippen molar-refractivity contribution in [1.29, 1.82) is 0 Å². The highest BCUT2D eigenvalue weighted by molar-refractivity contribution is 7.94. The van der Waals surface area contributed by atoms with Crippen LogP contribution in [0.25, 0.3) is 0 Å². The Morgan fingerprint density at radius 3 is 2.20 bits per heavy atom. The molecule has 2 aromatic rings. The lowest BCUT2D eigenvalue weighted by atomic mass is 9.74. The van der Waals surface area contributed by atoms with E-state index in [0.717, 1.165) is 16.8 Å². The topological polar surface area (TPSA) is 122 Å². The van der Waals surface area contributed by atoms with Gasteiger partial charge >= 0.3 is 0 Å². The maximum absolute atomic E-state index is 13.7. The molecule has 0 unspecified atom stereocenters. The molecule has 1 spiro atoms. The van der Waals surface area contributed by atoms with Crippen LogP contribution < -0.4 is 15.4 Å². The number of rotatable bonds is 8. The number of para-hydroxylation sites is 1. The fourth-order valence-corrected chi connectivity index (χ4v) is 6.82. The standard InChI is InChI=1S/C30H42N4O5S/c1-28(2,3)40(37,38)34-21-30(23-13-9-10-14-25(23)34)15-17-33(18-16-30)26(35)24(32-27(36)29(4,5)31)20-39-19-22-11-7-6-8-12-22/h6-14,24H,15-21,31H2,1-5H3,(H,32,36)/t24-/m1/s1. The molecule has 3 N–H and O–H groups in total. The van der Waals surface area contributed by atoms with Crippen molar-refractivity contribution < 1.29 is 22.7 Å². The van der Waals surface area contributed by atoms with Crippen LogP contribution in [0.5, 0.6) is 0 Å². The van der Waals surface area contributed by atoms with Crippen LogP contribution in [0, 0.1) is 0 Å². The highest BCUT2D eigenvalue weighted by atomic mass is 32.2. The van der Waals surface area contributed by atoms with Crippen molar-refractivity contribution in [2.45, 2.75) is 75.8 Å². The van der Waals surface area contributed by atoms with Gasteiger partial charge in [-0.2, -0.15) is 0 Å². The number of nitrogens with one attached hydrogen (secondary N) is 1. The maximum atomic E-state index is 13.7. The molecule has 2 aliphatic heterocycles. The molecule has 1 fully saturated rings. The molecule has 2 aliphatic rings. The Morgan fingerprint density at radius 2 is 1.60 bits per heavy atom. The third-order valence-electron chi connectivity index (χ3n) is 7.87. The third kappa shape index (κ3) is 6.04. The van der Waals surface area contributed by atoms with Crippen molar-refractivity contribution >= 4 is 27.5 Å². The largest absolute Gasteiger partial charge is 0.374 e. The number of ether oxygens (including phenoxy) is 1. The molecule has 0 aromatic heterocycles. The van der Waals surface area contributed by atoms with Crippen molar-refractivity contribution in [3.8, 4) is 0 Å². The minimum Gasteiger partial charge on any atom is -0.374 e. The summed E-state index contributed by atoms with van der Waals surface area (Å²) in [5.74, 6) is -0.665. The average Bonchev–Trinajstić information content (AvgIpc) is 3.22. The van der Waals surface area contributed by atoms with E-state index in [-0.39, 0.29) is 17.9 Å². The zero-order chi connectivity index (χ0) is 29.3. The van der Waals surface area contributed by atoms with Crippen LogP contribution in [0.1, 0.15) is 58.6 Å². The van der Waals surface area contributed by atoms with E-state index in [1.165, 1.54) is 0 Å². The van der Waals surface area contributed by atoms with Gasteiger partial charge in [0.2, 0.25) is 21.8 Å². The normalized spacial score (nSPS) is 17.9. The fourth-order valence-electron chi connectivity index (χ4n) is 5.32. The molecular weight excluding hydrogens is 528 g/mol. The van der Waals surface area contributed by atoms with Gasteiger partial charge in [0.05, 0.1) is 29.2 Å². The van der Waals surface area contributed by atoms with E-state index < -0.39 is 32.3 Å². The van der Waals surface area contributed by atoms with E-state index in [1.54, 1.807) is 43.8 Å². The van der Waals surface area contributed by atoms with E-state index in [0.29, 0.717) is 39.1 Å². The summed E-state index contributed by atoms with van der Waals surface area (Å²) < 4.78 is 33.5. The maximum Gasteiger partial charge on any atom is 0.247 e. The highest BCUT2D eigenvalue weighted by Crippen LogP contribution is 2.49. The van der Waals surface area contributed by atoms with Gasteiger partial charge in [-0.15, -0.1) is 0 Å². The molecule has 2 amide bonds. The Labute approximate surface area is 238 Å². The molecule has 10 heteroatoms. The van der Waals surface area contributed by atoms with Gasteiger partial charge in [0.25, 0.3) is 0 Å². The average molecular weight is 571 g/mol. The van der Waals surface area contributed by atoms with Gasteiger partial charge in [-0.3, -0.25) is 13.9 Å². The zero-order valence-electron chi connectivity index (χ0n) is 24.1. The van der Waals surface area contributed by atoms with Crippen LogP contribution in [0.3, 0.4) is 0 Å². The number of carbonyl (C=O) groups is 2. The summed E-state index contributed by atoms with van der Waals surface area (Å²) in [6, 6.07) is 16.4. The smallest absolute Gasteiger partial charge is 0.247 e. The molecule has 9 nitrogen and oxygen atoms in total. The van der Waals surface area contributed by atoms with Crippen molar-refractivity contribution in [1.82, 2.24) is 10.2 Å². The van der Waals surface area contributed by atoms with Crippen molar-refractivity contribution in [2.75, 3.05) is 30.5 Å². The van der Waals surface area contributed by atoms with E-state index in [4.69, 9.17) is 10.5 Å². The van der Waals surface area contributed by atoms with Gasteiger partial charge in [0.15, 0.2) is 0 Å². The van der Waals surface area contributed by atoms with Gasteiger partial charge in [0, 0.05) is 25.0 Å². The number of hydrogen-bond acceptors (Lipinski definition) is 6. The number of likely N-dealkylation sites (tertiary alicyclic amines) is 1. The predicted octanol–water partition coefficient (Wildman–Crippen LogP) is 2.93. The molecule has 0 saturated carbocycles. The second-order valence-electron chi connectivity index (χ2n) is 12.5. The van der Waals surface area contributed by atoms with Crippen LogP contribution in [-0.2, 0) is 36.4 Å². The second kappa shape index (κ2) is 11.1. The van der Waals surface area contributed by atoms with Crippen molar-refractivity contribution in [3.63, 3.8) is 0 Å². The Balaban J connectivity index is 1.49. The second-order valence-corrected chi connectivity index (χ2v) is 15.1. The Hall–Kier alpha value is -2.95. The number of carbonyl (C=O) groups excluding carboxylic acids is 2. The Bertz CT molecular complexity index is 1320. The van der Waals surface area contributed by atoms with E-state index in [1.807, 2.05) is 54.6 Å². The monoisotopic (exact) mass is 570 g/mol. The summed E-state index contributed by atoms with van der Waals surface area (Å²) in [7, 11) is -3.59. The molecule has 1 atom stereocenters. The van der Waals surface area contributed by atoms with Crippen LogP contribution in [-0.4, -0.2) is 67.7 Å². The van der Waals surface area contributed by atoms with Crippen molar-refractivity contribution in [3.05, 3.63) is 65.7 Å². The number of sulfonamides is 1. The summed E-state index contributed by atoms with van der Waals surface area (Å²) in [5, 5.41) is 2.79. The number of fused-ring (bicyclic) bond motifs is 2. The van der Waals surface area contributed by atoms with Crippen LogP contribution in [0.15, 0.2) is 54.6 Å². The fraction of sp³-hybridized carbons (Fsp3) is 0.533. The van der Waals surface area contributed by atoms with Crippen LogP contribution in [0.4, 0.5) is 5.69 Å². The number of piperidine rings is 1. The SMILES string of the molecule is CC(C)(N)C(=O)N[C@H](COCc1ccccc1)C(=O)N1CCC2(CC1)CN(S(=O)(=O)C(C)(C)C)c1ccccc12. The Kier molecular flexibility index (Phi) is 8.36. The van der Waals surface area contributed by atoms with Crippen LogP contribution in [0.2, 0.25) is 0 Å². The summed E-state index contributed by atoms with van der Waals surface area (Å²) >= 11 is 0. The summed E-state index contributed by atoms with van der Waals surface area (Å²) in [5.41, 5.74) is 7.16. The summed E-state index contributed by atoms with van der Waals surface area (Å²) in [6.45, 7) is 9.89. The quantitative estimate of drug-likeness (QED) is 0.503. The van der Waals surface area contributed by atoms with E-state index >= 15 is 0 Å². The lowest BCUT2D eigenvalue weighted by Crippen LogP contribution is -2.59. The number of benzene rings is 2. The Morgan fingerprint density at radius 1 is 1.00 bits per heavy atom. The first kappa shape index (κ1) is 30.0. The molecule has 0 bridgehead atoms. The molecular formula is C30H42N4O5S. The third-order valence-corrected chi connectivity index (χ3v) is 10.3. The minimum atomic E-state index is -3.59. The predicted molar refractivity (Wildman–Crippen MR) is 156 cm³/mol. The number of amides is 2. The molecule has 0 aliphatic carbocycles. The van der Waals surface area contributed by atoms with Crippen LogP contribution >= 0.6 is 0 Å². The first-order chi connectivity index (χ1) is 18.7. The molecule has 0 radical (unpaired) electrons. The van der Waals surface area contributed by atoms with Gasteiger partial charge < -0.3 is 20.7 Å². The summed E-state index contributed by atoms with van der Waals surface area (Å²) in [4.78, 5) is 28.2. The van der Waals surface area contributed by atoms with Gasteiger partial charge in [-0.1, -0.05) is 48.5 Å². The molecule has 40 heavy (non-hydrogen) atoms. The highest BCUT2D eigenvalue weighted by Gasteiger charge is 2.50. The lowest BCUT2D eigenvalue weighted by molar-refractivity contribution is -0.140. The van der Waals surface area contributed by atoms with Gasteiger partial charge in [-0.25, -0.2) is 8.42 Å². The minimum absolute atomic E-state index is 0.0115. The van der Waals surface area contributed by atoms with Gasteiger partial charge in [0.1, 0.15) is 6.04 Å². The van der Waals surface area contributed by atoms with E-state index in [9.17, 15) is 18.0 Å². The lowest BCUT2D eigenvalue weighted by Gasteiger charge is -2.41. The first-order valence-electron chi connectivity index (χ1n) is 13.8. The van der Waals surface area contributed by atoms with Gasteiger partial charge in [-0.05, 0) is 64.7 Å². The molecule has 4 rings (SSSR count). The van der Waals surface area contributed by atoms with Crippen molar-refractivity contribution in [2.24, 2.45) is 5.73 Å². The first-order valence-corrected chi connectivity index (χ1v) is 15.2. The molecule has 2 heterocycles. The number of nitrogens with two attached hydrogens (primary N) is 1. The molecule has 1 saturated heterocycles. The number of anilines is 1. The summed E-state index contributed by atoms with van der Waals surface area (Å²) in [6.07, 6.45) is 1.22. The zero-order valence-corrected chi connectivity index (χ0v) is 25.0. The molecule has 218 valence electrons. The number of nitrogens with zero attached hydrogens (tertiary/aromatic N) is 2. The number of hydrogen-bond donors (Lipinski definition) is 2. The van der Waals surface area contributed by atoms with E-state index in [2.05, 4.69) is 5.32 Å². The molecule has 2 aromatic carbocycles.